The normalized spacial score (nSPS) is 10.5. The highest BCUT2D eigenvalue weighted by molar-refractivity contribution is 5.76. The highest BCUT2D eigenvalue weighted by atomic mass is 16.2. The first-order valence-corrected chi connectivity index (χ1v) is 6.87. The molecule has 0 bridgehead atoms. The lowest BCUT2D eigenvalue weighted by atomic mass is 10.1. The van der Waals surface area contributed by atoms with E-state index < -0.39 is 0 Å². The van der Waals surface area contributed by atoms with Gasteiger partial charge in [-0.2, -0.15) is 5.10 Å². The molecule has 20 heavy (non-hydrogen) atoms. The number of carbonyl (C=O) groups is 1. The number of aromatic nitrogens is 3. The molecule has 0 unspecified atom stereocenters. The molecule has 1 N–H and O–H groups in total. The molecule has 0 atom stereocenters. The summed E-state index contributed by atoms with van der Waals surface area (Å²) in [5.41, 5.74) is 2.41. The van der Waals surface area contributed by atoms with Gasteiger partial charge in [-0.25, -0.2) is 4.98 Å². The van der Waals surface area contributed by atoms with Crippen molar-refractivity contribution in [1.29, 1.82) is 0 Å². The van der Waals surface area contributed by atoms with Crippen LogP contribution in [0.4, 0.5) is 0 Å². The summed E-state index contributed by atoms with van der Waals surface area (Å²) in [6, 6.07) is 8.17. The first-order chi connectivity index (χ1) is 9.70. The van der Waals surface area contributed by atoms with Gasteiger partial charge in [0.25, 0.3) is 0 Å². The van der Waals surface area contributed by atoms with Crippen LogP contribution in [0.2, 0.25) is 0 Å². The molecular formula is C15H20N4O. The smallest absolute Gasteiger partial charge is 0.223 e. The maximum Gasteiger partial charge on any atom is 0.223 e. The first-order valence-electron chi connectivity index (χ1n) is 6.87. The summed E-state index contributed by atoms with van der Waals surface area (Å²) in [7, 11) is 0. The summed E-state index contributed by atoms with van der Waals surface area (Å²) in [5.74, 6) is 0.900. The molecule has 0 fully saturated rings. The average Bonchev–Trinajstić information content (AvgIpc) is 2.97. The Morgan fingerprint density at radius 3 is 2.80 bits per heavy atom. The minimum atomic E-state index is 0.146. The van der Waals surface area contributed by atoms with Gasteiger partial charge in [0.15, 0.2) is 0 Å². The molecule has 1 heterocycles. The van der Waals surface area contributed by atoms with Crippen molar-refractivity contribution in [1.82, 2.24) is 20.1 Å². The number of H-pyrrole nitrogens is 1. The van der Waals surface area contributed by atoms with E-state index in [4.69, 9.17) is 0 Å². The van der Waals surface area contributed by atoms with Gasteiger partial charge in [0, 0.05) is 25.9 Å². The Morgan fingerprint density at radius 1 is 1.35 bits per heavy atom. The van der Waals surface area contributed by atoms with Gasteiger partial charge in [0.05, 0.1) is 0 Å². The minimum Gasteiger partial charge on any atom is -0.339 e. The van der Waals surface area contributed by atoms with Crippen LogP contribution in [0.5, 0.6) is 0 Å². The number of nitrogens with zero attached hydrogens (tertiary/aromatic N) is 3. The van der Waals surface area contributed by atoms with Gasteiger partial charge < -0.3 is 4.90 Å². The van der Waals surface area contributed by atoms with E-state index in [9.17, 15) is 4.79 Å². The van der Waals surface area contributed by atoms with Gasteiger partial charge >= 0.3 is 0 Å². The second-order valence-corrected chi connectivity index (χ2v) is 4.77. The van der Waals surface area contributed by atoms with Crippen molar-refractivity contribution >= 4 is 5.91 Å². The van der Waals surface area contributed by atoms with Crippen LogP contribution in [-0.4, -0.2) is 32.5 Å². The van der Waals surface area contributed by atoms with Crippen LogP contribution in [0.1, 0.15) is 30.3 Å². The summed E-state index contributed by atoms with van der Waals surface area (Å²) >= 11 is 0. The topological polar surface area (TPSA) is 61.9 Å². The van der Waals surface area contributed by atoms with E-state index >= 15 is 0 Å². The van der Waals surface area contributed by atoms with E-state index in [2.05, 4.69) is 34.2 Å². The Kier molecular flexibility index (Phi) is 4.87. The Morgan fingerprint density at radius 2 is 2.15 bits per heavy atom. The average molecular weight is 272 g/mol. The highest BCUT2D eigenvalue weighted by Gasteiger charge is 2.13. The van der Waals surface area contributed by atoms with Crippen LogP contribution in [-0.2, 0) is 17.8 Å². The number of aryl methyl sites for hydroxylation is 2. The Bertz CT molecular complexity index is 551. The fraction of sp³-hybridized carbons (Fsp3) is 0.400. The molecule has 1 amide bonds. The molecule has 1 aromatic heterocycles. The molecule has 0 aliphatic heterocycles. The molecular weight excluding hydrogens is 252 g/mol. The zero-order chi connectivity index (χ0) is 14.4. The van der Waals surface area contributed by atoms with Gasteiger partial charge in [-0.3, -0.25) is 9.89 Å². The van der Waals surface area contributed by atoms with Gasteiger partial charge in [-0.1, -0.05) is 24.3 Å². The number of hydrogen-bond donors (Lipinski definition) is 1. The molecule has 0 radical (unpaired) electrons. The van der Waals surface area contributed by atoms with Crippen LogP contribution in [0.3, 0.4) is 0 Å². The van der Waals surface area contributed by atoms with Crippen molar-refractivity contribution in [2.24, 2.45) is 0 Å². The molecule has 5 heteroatoms. The fourth-order valence-electron chi connectivity index (χ4n) is 2.10. The third-order valence-electron chi connectivity index (χ3n) is 3.40. The molecule has 0 spiro atoms. The number of carbonyl (C=O) groups excluding carboxylic acids is 1. The van der Waals surface area contributed by atoms with Crippen LogP contribution in [0.15, 0.2) is 30.6 Å². The van der Waals surface area contributed by atoms with Crippen molar-refractivity contribution in [2.45, 2.75) is 33.2 Å². The van der Waals surface area contributed by atoms with E-state index in [0.29, 0.717) is 25.9 Å². The third-order valence-corrected chi connectivity index (χ3v) is 3.40. The van der Waals surface area contributed by atoms with Crippen molar-refractivity contribution in [3.63, 3.8) is 0 Å². The Labute approximate surface area is 119 Å². The zero-order valence-corrected chi connectivity index (χ0v) is 12.0. The lowest BCUT2D eigenvalue weighted by Crippen LogP contribution is -2.30. The number of amides is 1. The third kappa shape index (κ3) is 3.66. The summed E-state index contributed by atoms with van der Waals surface area (Å²) in [4.78, 5) is 18.2. The van der Waals surface area contributed by atoms with Crippen LogP contribution >= 0.6 is 0 Å². The molecule has 0 saturated heterocycles. The van der Waals surface area contributed by atoms with Crippen molar-refractivity contribution in [3.8, 4) is 0 Å². The minimum absolute atomic E-state index is 0.146. The molecule has 0 saturated carbocycles. The maximum atomic E-state index is 12.2. The SMILES string of the molecule is CCN(Cc1ccccc1C)C(=O)CCc1ncn[nH]1. The predicted octanol–water partition coefficient (Wildman–Crippen LogP) is 2.09. The monoisotopic (exact) mass is 272 g/mol. The number of nitrogens with one attached hydrogen (secondary N) is 1. The molecule has 0 aliphatic carbocycles. The largest absolute Gasteiger partial charge is 0.339 e. The van der Waals surface area contributed by atoms with Gasteiger partial charge in [-0.15, -0.1) is 0 Å². The molecule has 2 rings (SSSR count). The quantitative estimate of drug-likeness (QED) is 0.876. The van der Waals surface area contributed by atoms with Crippen molar-refractivity contribution in [3.05, 3.63) is 47.5 Å². The summed E-state index contributed by atoms with van der Waals surface area (Å²) < 4.78 is 0. The number of benzene rings is 1. The van der Waals surface area contributed by atoms with Crippen LogP contribution in [0, 0.1) is 6.92 Å². The number of hydrogen-bond acceptors (Lipinski definition) is 3. The number of aromatic amines is 1. The van der Waals surface area contributed by atoms with Crippen LogP contribution < -0.4 is 0 Å². The fourth-order valence-corrected chi connectivity index (χ4v) is 2.10. The molecule has 0 aliphatic rings. The Hall–Kier alpha value is -2.17. The standard InChI is InChI=1S/C15H20N4O/c1-3-19(10-13-7-5-4-6-12(13)2)15(20)9-8-14-16-11-17-18-14/h4-7,11H,3,8-10H2,1-2H3,(H,16,17,18). The Balaban J connectivity index is 1.94. The van der Waals surface area contributed by atoms with E-state index in [1.54, 1.807) is 0 Å². The molecule has 2 aromatic rings. The molecule has 1 aromatic carbocycles. The lowest BCUT2D eigenvalue weighted by molar-refractivity contribution is -0.131. The van der Waals surface area contributed by atoms with Gasteiger partial charge in [0.2, 0.25) is 5.91 Å². The predicted molar refractivity (Wildman–Crippen MR) is 77.0 cm³/mol. The second-order valence-electron chi connectivity index (χ2n) is 4.77. The summed E-state index contributed by atoms with van der Waals surface area (Å²) in [5, 5.41) is 6.56. The maximum absolute atomic E-state index is 12.2. The summed E-state index contributed by atoms with van der Waals surface area (Å²) in [6.07, 6.45) is 2.52. The van der Waals surface area contributed by atoms with E-state index in [-0.39, 0.29) is 5.91 Å². The van der Waals surface area contributed by atoms with Crippen molar-refractivity contribution in [2.75, 3.05) is 6.54 Å². The second kappa shape index (κ2) is 6.84. The lowest BCUT2D eigenvalue weighted by Gasteiger charge is -2.21. The number of rotatable bonds is 6. The van der Waals surface area contributed by atoms with Gasteiger partial charge in [0.1, 0.15) is 12.2 Å². The summed E-state index contributed by atoms with van der Waals surface area (Å²) in [6.45, 7) is 5.45. The van der Waals surface area contributed by atoms with Crippen LogP contribution in [0.25, 0.3) is 0 Å². The highest BCUT2D eigenvalue weighted by Crippen LogP contribution is 2.11. The van der Waals surface area contributed by atoms with E-state index in [1.165, 1.54) is 17.5 Å². The molecule has 106 valence electrons. The first kappa shape index (κ1) is 14.2. The van der Waals surface area contributed by atoms with E-state index in [1.807, 2.05) is 24.0 Å². The van der Waals surface area contributed by atoms with Gasteiger partial charge in [-0.05, 0) is 25.0 Å². The van der Waals surface area contributed by atoms with E-state index in [0.717, 1.165) is 5.82 Å². The zero-order valence-electron chi connectivity index (χ0n) is 12.0. The molecule has 5 nitrogen and oxygen atoms in total. The van der Waals surface area contributed by atoms with Crippen molar-refractivity contribution < 1.29 is 4.79 Å².